The third-order valence-corrected chi connectivity index (χ3v) is 23.0. The first-order valence-corrected chi connectivity index (χ1v) is 40.3. The summed E-state index contributed by atoms with van der Waals surface area (Å²) in [6, 6.07) is 26.2. The number of likely N-dealkylation sites (N-methyl/N-ethyl adjacent to an activating group) is 2. The highest BCUT2D eigenvalue weighted by atomic mass is 16.5. The van der Waals surface area contributed by atoms with Crippen LogP contribution in [0.3, 0.4) is 0 Å². The molecular formula is C86H107N17O15. The van der Waals surface area contributed by atoms with Gasteiger partial charge < -0.3 is 76.9 Å². The van der Waals surface area contributed by atoms with Crippen molar-refractivity contribution < 1.29 is 72.4 Å². The Hall–Kier alpha value is -11.9. The summed E-state index contributed by atoms with van der Waals surface area (Å²) in [6.07, 6.45) is 1.48. The standard InChI is InChI=1S/C86H107N17O15/c1-49(87-9)74(104)93-72(85(3,4)5)81(111)100-45-62-41-70(100)78(108)89-66(39-53-19-25-55-15-11-13-17-58(55)35-53)76(106)91-68(80(110)99-33-31-57(32-34-99)83(113)114)37-51-21-27-64(28-22-51)117-47-60-43-103(97-95-60)63-42-71(101(46-63)82(112)73(86(6,7)8)94-75(105)50(2)88-10)79(109)90-67(40-54-20-26-56-16-12-14-18-59(56)36-54)77(107)92-69(84(115)116)38-52-23-29-65(30-24-52)118-48-61-44-102(62)98-96-61/h11-30,35-36,43,49-50,57,61-63,66-73,87-88H,31-34,37-42,44-48H2,1-10H3,(H,89,108)(H,90,109)(H,91,106)(H,92,107)(H,93,104)(H,94,105)(H,113,114)(H,115,116). The lowest BCUT2D eigenvalue weighted by Gasteiger charge is -2.36. The molecule has 7 aromatic rings. The molecule has 8 aliphatic rings. The molecule has 0 aliphatic carbocycles. The van der Waals surface area contributed by atoms with Crippen molar-refractivity contribution in [2.75, 3.05) is 53.4 Å². The minimum atomic E-state index is -1.52. The second-order valence-corrected chi connectivity index (χ2v) is 33.7. The van der Waals surface area contributed by atoms with Gasteiger partial charge in [0.25, 0.3) is 0 Å². The predicted octanol–water partition coefficient (Wildman–Crippen LogP) is 4.61. The number of likely N-dealkylation sites (tertiary alicyclic amines) is 3. The number of nitrogens with one attached hydrogen (secondary N) is 8. The minimum absolute atomic E-state index is 0.00121. The number of aliphatic carboxylic acids is 2. The molecule has 0 saturated carbocycles. The van der Waals surface area contributed by atoms with Gasteiger partial charge in [0.15, 0.2) is 0 Å². The number of carboxylic acid groups (broad SMARTS) is 2. The Kier molecular flexibility index (Phi) is 26.9. The predicted molar refractivity (Wildman–Crippen MR) is 436 cm³/mol. The number of fused-ring (bicyclic) bond motifs is 2. The summed E-state index contributed by atoms with van der Waals surface area (Å²) in [5.41, 5.74) is 0.937. The van der Waals surface area contributed by atoms with Gasteiger partial charge in [0, 0.05) is 64.7 Å². The van der Waals surface area contributed by atoms with Crippen LogP contribution < -0.4 is 52.0 Å². The molecule has 0 radical (unpaired) electrons. The summed E-state index contributed by atoms with van der Waals surface area (Å²) in [5.74, 6) is -7.79. The summed E-state index contributed by atoms with van der Waals surface area (Å²) < 4.78 is 14.1. The third kappa shape index (κ3) is 20.9. The van der Waals surface area contributed by atoms with Crippen molar-refractivity contribution in [1.29, 1.82) is 0 Å². The van der Waals surface area contributed by atoms with Gasteiger partial charge in [0.2, 0.25) is 53.2 Å². The van der Waals surface area contributed by atoms with E-state index in [1.54, 1.807) is 129 Å². The van der Waals surface area contributed by atoms with Crippen molar-refractivity contribution in [2.45, 2.75) is 192 Å². The van der Waals surface area contributed by atoms with E-state index in [1.165, 1.54) is 19.4 Å². The molecule has 13 atom stereocenters. The van der Waals surface area contributed by atoms with Crippen molar-refractivity contribution in [1.82, 2.24) is 77.2 Å². The van der Waals surface area contributed by atoms with Crippen LogP contribution in [-0.2, 0) is 85.0 Å². The van der Waals surface area contributed by atoms with Gasteiger partial charge in [-0.25, -0.2) is 9.48 Å². The molecule has 32 nitrogen and oxygen atoms in total. The number of piperidine rings is 1. The number of amides is 9. The zero-order chi connectivity index (χ0) is 84.4. The van der Waals surface area contributed by atoms with Gasteiger partial charge in [-0.05, 0) is 120 Å². The molecule has 13 unspecified atom stereocenters. The zero-order valence-electron chi connectivity index (χ0n) is 68.2. The fraction of sp³-hybridized carbons (Fsp3) is 0.477. The van der Waals surface area contributed by atoms with Crippen LogP contribution in [-0.4, -0.2) is 236 Å². The fourth-order valence-electron chi connectivity index (χ4n) is 15.7. The molecule has 32 heteroatoms. The summed E-state index contributed by atoms with van der Waals surface area (Å²) in [4.78, 5) is 165. The normalized spacial score (nSPS) is 23.1. The van der Waals surface area contributed by atoms with E-state index >= 15 is 28.8 Å². The van der Waals surface area contributed by atoms with E-state index in [0.717, 1.165) is 21.5 Å². The molecule has 0 spiro atoms. The highest BCUT2D eigenvalue weighted by Crippen LogP contribution is 2.35. The number of carbonyl (C=O) groups excluding carboxylic acids is 9. The number of hydrogen-bond donors (Lipinski definition) is 10. The monoisotopic (exact) mass is 1620 g/mol. The van der Waals surface area contributed by atoms with E-state index < -0.39 is 160 Å². The molecule has 8 aliphatic heterocycles. The molecule has 118 heavy (non-hydrogen) atoms. The van der Waals surface area contributed by atoms with Crippen LogP contribution in [0.25, 0.3) is 21.5 Å². The molecule has 12 bridgehead atoms. The average Bonchev–Trinajstić information content (AvgIpc) is 1.63. The Balaban J connectivity index is 0.883. The Morgan fingerprint density at radius 1 is 0.551 bits per heavy atom. The van der Waals surface area contributed by atoms with Crippen LogP contribution in [0.1, 0.15) is 115 Å². The van der Waals surface area contributed by atoms with Crippen LogP contribution in [0, 0.1) is 16.7 Å². The van der Waals surface area contributed by atoms with E-state index in [2.05, 4.69) is 63.2 Å². The number of hydrogen-bond acceptors (Lipinski definition) is 20. The first-order valence-electron chi connectivity index (χ1n) is 40.3. The first-order chi connectivity index (χ1) is 56.3. The van der Waals surface area contributed by atoms with Gasteiger partial charge in [-0.3, -0.25) is 53.0 Å². The lowest BCUT2D eigenvalue weighted by molar-refractivity contribution is -0.146. The van der Waals surface area contributed by atoms with E-state index in [1.807, 2.05) is 84.9 Å². The highest BCUT2D eigenvalue weighted by Gasteiger charge is 2.50. The largest absolute Gasteiger partial charge is 0.491 e. The van der Waals surface area contributed by atoms with Crippen LogP contribution in [0.15, 0.2) is 150 Å². The van der Waals surface area contributed by atoms with Crippen molar-refractivity contribution in [3.05, 3.63) is 168 Å². The Labute approximate surface area is 684 Å². The average molecular weight is 1620 g/mol. The minimum Gasteiger partial charge on any atom is -0.491 e. The Bertz CT molecular complexity index is 4880. The lowest BCUT2D eigenvalue weighted by atomic mass is 9.85. The molecule has 15 rings (SSSR count). The van der Waals surface area contributed by atoms with E-state index in [4.69, 9.17) is 9.47 Å². The van der Waals surface area contributed by atoms with Crippen LogP contribution in [0.5, 0.6) is 11.5 Å². The topological polar surface area (TPSA) is 411 Å². The number of ether oxygens (including phenoxy) is 2. The lowest BCUT2D eigenvalue weighted by Crippen LogP contribution is -2.61. The number of carbonyl (C=O) groups is 11. The maximum atomic E-state index is 15.6. The molecule has 1 aromatic heterocycles. The van der Waals surface area contributed by atoms with E-state index in [-0.39, 0.29) is 97.3 Å². The number of carboxylic acids is 2. The Morgan fingerprint density at radius 3 is 1.50 bits per heavy atom. The SMILES string of the molecule is CNC(C)C(=O)NC(C(=O)N1CC2CC1C(=O)NC(Cc1ccc3ccccc3c1)C(=O)NC(C(=O)O)Cc1ccc(cc1)OCC1CN(N=N1)C1CC(C(=O)NC(Cc3ccc4ccccc4c3)C(=O)NC(C(=O)N3CCC(C(=O)O)CC3)Cc3ccc(cc3)OCc3cn2nn3)N(C(=O)C(NC(=O)C(C)NC)C(C)(C)C)C1)C(C)(C)C. The Morgan fingerprint density at radius 2 is 1.02 bits per heavy atom. The molecular weight excluding hydrogens is 1510 g/mol. The fourth-order valence-corrected chi connectivity index (χ4v) is 15.7. The molecule has 626 valence electrons. The number of aromatic nitrogens is 3. The number of benzene rings is 6. The second kappa shape index (κ2) is 37.1. The number of nitrogens with zero attached hydrogens (tertiary/aromatic N) is 9. The molecule has 9 amide bonds. The summed E-state index contributed by atoms with van der Waals surface area (Å²) >= 11 is 0. The van der Waals surface area contributed by atoms with Gasteiger partial charge in [0.1, 0.15) is 84.8 Å². The van der Waals surface area contributed by atoms with Gasteiger partial charge in [-0.1, -0.05) is 161 Å². The molecule has 10 N–H and O–H groups in total. The summed E-state index contributed by atoms with van der Waals surface area (Å²) in [5, 5.41) is 67.4. The van der Waals surface area contributed by atoms with Crippen LogP contribution >= 0.6 is 0 Å². The van der Waals surface area contributed by atoms with Crippen molar-refractivity contribution in [3.63, 3.8) is 0 Å². The van der Waals surface area contributed by atoms with Crippen LogP contribution in [0.4, 0.5) is 0 Å². The van der Waals surface area contributed by atoms with Gasteiger partial charge in [0.05, 0.1) is 42.8 Å². The summed E-state index contributed by atoms with van der Waals surface area (Å²) in [6.45, 7) is 14.2. The molecule has 3 saturated heterocycles. The third-order valence-electron chi connectivity index (χ3n) is 23.0. The maximum absolute atomic E-state index is 15.6. The van der Waals surface area contributed by atoms with Gasteiger partial charge >= 0.3 is 11.9 Å². The van der Waals surface area contributed by atoms with Crippen molar-refractivity contribution in [2.24, 2.45) is 27.1 Å². The van der Waals surface area contributed by atoms with Crippen molar-refractivity contribution in [3.8, 4) is 11.5 Å². The summed E-state index contributed by atoms with van der Waals surface area (Å²) in [7, 11) is 3.23. The van der Waals surface area contributed by atoms with E-state index in [9.17, 15) is 34.2 Å². The van der Waals surface area contributed by atoms with E-state index in [0.29, 0.717) is 39.4 Å². The van der Waals surface area contributed by atoms with Gasteiger partial charge in [-0.15, -0.1) is 5.10 Å². The van der Waals surface area contributed by atoms with Gasteiger partial charge in [-0.2, -0.15) is 5.11 Å². The zero-order valence-corrected chi connectivity index (χ0v) is 68.2. The molecule has 3 fully saturated rings. The first kappa shape index (κ1) is 85.4. The smallest absolute Gasteiger partial charge is 0.326 e. The quantitative estimate of drug-likeness (QED) is 0.0669. The second-order valence-electron chi connectivity index (χ2n) is 33.7. The van der Waals surface area contributed by atoms with Crippen LogP contribution in [0.2, 0.25) is 0 Å². The highest BCUT2D eigenvalue weighted by molar-refractivity contribution is 5.99. The molecule has 9 heterocycles. The van der Waals surface area contributed by atoms with Crippen molar-refractivity contribution >= 4 is 86.6 Å². The molecule has 6 aromatic carbocycles. The maximum Gasteiger partial charge on any atom is 0.326 e. The number of rotatable bonds is 15.